The third-order valence-corrected chi connectivity index (χ3v) is 9.32. The van der Waals surface area contributed by atoms with Crippen LogP contribution in [-0.2, 0) is 25.5 Å². The van der Waals surface area contributed by atoms with Crippen LogP contribution in [0, 0.1) is 11.8 Å². The topological polar surface area (TPSA) is 87.2 Å². The van der Waals surface area contributed by atoms with Crippen LogP contribution >= 0.6 is 11.8 Å². The minimum atomic E-state index is -0.908. The Morgan fingerprint density at radius 3 is 2.57 bits per heavy atom. The van der Waals surface area contributed by atoms with Crippen molar-refractivity contribution in [3.05, 3.63) is 60.2 Å². The molecule has 1 aromatic carbocycles. The zero-order valence-electron chi connectivity index (χ0n) is 20.3. The van der Waals surface area contributed by atoms with Crippen LogP contribution in [0.2, 0.25) is 0 Å². The van der Waals surface area contributed by atoms with Crippen molar-refractivity contribution in [2.24, 2.45) is 11.8 Å². The second-order valence-corrected chi connectivity index (χ2v) is 12.2. The molecule has 8 heteroatoms. The minimum Gasteiger partial charge on any atom is -0.461 e. The van der Waals surface area contributed by atoms with Gasteiger partial charge in [-0.25, -0.2) is 0 Å². The van der Waals surface area contributed by atoms with Gasteiger partial charge in [-0.2, -0.15) is 0 Å². The Labute approximate surface area is 210 Å². The van der Waals surface area contributed by atoms with Gasteiger partial charge in [0.15, 0.2) is 0 Å². The Bertz CT molecular complexity index is 1080. The van der Waals surface area contributed by atoms with E-state index >= 15 is 0 Å². The quantitative estimate of drug-likeness (QED) is 0.508. The molecule has 4 aliphatic rings. The second kappa shape index (κ2) is 8.82. The number of hydrogen-bond donors (Lipinski definition) is 1. The molecule has 6 atom stereocenters. The largest absolute Gasteiger partial charge is 0.461 e. The summed E-state index contributed by atoms with van der Waals surface area (Å²) in [6.45, 7) is 6.27. The monoisotopic (exact) mass is 496 g/mol. The fourth-order valence-electron chi connectivity index (χ4n) is 6.04. The number of cyclic esters (lactones) is 1. The zero-order chi connectivity index (χ0) is 25.0. The molecule has 0 aliphatic carbocycles. The lowest BCUT2D eigenvalue weighted by molar-refractivity contribution is -0.152. The summed E-state index contributed by atoms with van der Waals surface area (Å²) in [5, 5.41) is 10.2. The van der Waals surface area contributed by atoms with Gasteiger partial charge in [0.25, 0.3) is 0 Å². The van der Waals surface area contributed by atoms with Crippen LogP contribution in [0.1, 0.15) is 26.3 Å². The maximum atomic E-state index is 14.3. The van der Waals surface area contributed by atoms with E-state index in [4.69, 9.17) is 4.74 Å². The highest BCUT2D eigenvalue weighted by Gasteiger charge is 2.72. The molecule has 0 bridgehead atoms. The minimum absolute atomic E-state index is 0.147. The summed E-state index contributed by atoms with van der Waals surface area (Å²) in [4.78, 5) is 45.0. The van der Waals surface area contributed by atoms with Crippen molar-refractivity contribution in [2.45, 2.75) is 54.8 Å². The first-order valence-corrected chi connectivity index (χ1v) is 13.0. The summed E-state index contributed by atoms with van der Waals surface area (Å²) in [6.07, 6.45) is 8.13. The molecule has 2 amide bonds. The molecule has 1 spiro atoms. The van der Waals surface area contributed by atoms with E-state index in [9.17, 15) is 19.5 Å². The average Bonchev–Trinajstić information content (AvgIpc) is 3.11. The smallest absolute Gasteiger partial charge is 0.311 e. The number of carbonyl (C=O) groups is 3. The molecule has 0 aromatic heterocycles. The molecule has 4 heterocycles. The van der Waals surface area contributed by atoms with E-state index in [0.717, 1.165) is 5.56 Å². The van der Waals surface area contributed by atoms with Gasteiger partial charge in [0, 0.05) is 17.3 Å². The van der Waals surface area contributed by atoms with E-state index in [1.165, 1.54) is 11.8 Å². The fourth-order valence-corrected chi connectivity index (χ4v) is 8.03. The number of nitrogens with zero attached hydrogens (tertiary/aromatic N) is 2. The van der Waals surface area contributed by atoms with Crippen molar-refractivity contribution in [3.63, 3.8) is 0 Å². The van der Waals surface area contributed by atoms with E-state index in [1.54, 1.807) is 9.80 Å². The Morgan fingerprint density at radius 1 is 1.14 bits per heavy atom. The van der Waals surface area contributed by atoms with Gasteiger partial charge in [0.1, 0.15) is 12.6 Å². The number of fused-ring (bicyclic) bond motifs is 2. The van der Waals surface area contributed by atoms with E-state index in [0.29, 0.717) is 13.0 Å². The van der Waals surface area contributed by atoms with Crippen molar-refractivity contribution in [1.82, 2.24) is 9.80 Å². The molecule has 1 aromatic rings. The number of thioether (sulfide) groups is 1. The third kappa shape index (κ3) is 3.82. The van der Waals surface area contributed by atoms with Crippen LogP contribution in [0.5, 0.6) is 0 Å². The summed E-state index contributed by atoms with van der Waals surface area (Å²) in [5.74, 6) is -2.21. The lowest BCUT2D eigenvalue weighted by atomic mass is 9.78. The number of hydrogen-bond acceptors (Lipinski definition) is 6. The molecule has 186 valence electrons. The molecule has 1 N–H and O–H groups in total. The van der Waals surface area contributed by atoms with E-state index < -0.39 is 40.2 Å². The number of benzene rings is 1. The fraction of sp³-hybridized carbons (Fsp3) is 0.519. The van der Waals surface area contributed by atoms with Crippen LogP contribution in [0.15, 0.2) is 54.6 Å². The van der Waals surface area contributed by atoms with Crippen LogP contribution < -0.4 is 0 Å². The normalized spacial score (nSPS) is 33.1. The summed E-state index contributed by atoms with van der Waals surface area (Å²) in [7, 11) is 0. The van der Waals surface area contributed by atoms with Gasteiger partial charge in [-0.1, -0.05) is 54.6 Å². The van der Waals surface area contributed by atoms with Crippen LogP contribution in [0.3, 0.4) is 0 Å². The summed E-state index contributed by atoms with van der Waals surface area (Å²) < 4.78 is 4.51. The van der Waals surface area contributed by atoms with Gasteiger partial charge in [-0.05, 0) is 32.8 Å². The Morgan fingerprint density at radius 2 is 1.89 bits per heavy atom. The van der Waals surface area contributed by atoms with Crippen LogP contribution in [0.4, 0.5) is 0 Å². The lowest BCUT2D eigenvalue weighted by Crippen LogP contribution is -2.59. The average molecular weight is 497 g/mol. The third-order valence-electron chi connectivity index (χ3n) is 7.58. The summed E-state index contributed by atoms with van der Waals surface area (Å²) in [6, 6.07) is 8.24. The molecule has 2 fully saturated rings. The predicted octanol–water partition coefficient (Wildman–Crippen LogP) is 2.20. The molecule has 5 rings (SSSR count). The number of esters is 1. The molecular weight excluding hydrogens is 464 g/mol. The highest BCUT2D eigenvalue weighted by atomic mass is 32.2. The number of aliphatic hydroxyl groups is 1. The number of rotatable bonds is 4. The van der Waals surface area contributed by atoms with E-state index in [-0.39, 0.29) is 30.3 Å². The van der Waals surface area contributed by atoms with Crippen molar-refractivity contribution >= 4 is 29.5 Å². The molecule has 4 aliphatic heterocycles. The first-order chi connectivity index (χ1) is 16.7. The maximum absolute atomic E-state index is 14.3. The van der Waals surface area contributed by atoms with Crippen molar-refractivity contribution < 1.29 is 24.2 Å². The standard InChI is InChI=1S/C27H32N2O5S/c1-26(2,3)28-13-8-12-27-21(20-19(35-27)11-7-14-34-25(20)33)23(31)29(22(27)24(28)32)18(16-30)15-17-9-5-4-6-10-17/h4-12,18-22,30H,13-16H2,1-3H3/t18-,19-,20+,21+,22?,27+/m1/s1. The van der Waals surface area contributed by atoms with Gasteiger partial charge in [0.05, 0.1) is 29.2 Å². The molecule has 0 radical (unpaired) electrons. The number of ether oxygens (including phenoxy) is 1. The molecule has 7 nitrogen and oxygen atoms in total. The second-order valence-electron chi connectivity index (χ2n) is 10.7. The van der Waals surface area contributed by atoms with Crippen molar-refractivity contribution in [1.29, 1.82) is 0 Å². The molecular formula is C27H32N2O5S. The highest BCUT2D eigenvalue weighted by Crippen LogP contribution is 2.61. The SMILES string of the molecule is CC(C)(C)N1CC=C[C@]23S[C@@H]4C=CCOC(=O)[C@@H]4[C@H]2C(=O)N([C@@H](CO)Cc2ccccc2)C3C1=O. The molecule has 1 unspecified atom stereocenters. The number of aliphatic hydroxyl groups excluding tert-OH is 1. The molecule has 0 saturated carbocycles. The van der Waals surface area contributed by atoms with Crippen LogP contribution in [-0.4, -0.2) is 80.1 Å². The van der Waals surface area contributed by atoms with Crippen LogP contribution in [0.25, 0.3) is 0 Å². The first-order valence-electron chi connectivity index (χ1n) is 12.2. The van der Waals surface area contributed by atoms with Gasteiger partial charge in [-0.15, -0.1) is 11.8 Å². The van der Waals surface area contributed by atoms with E-state index in [1.807, 2.05) is 75.4 Å². The first kappa shape index (κ1) is 24.1. The predicted molar refractivity (Wildman–Crippen MR) is 133 cm³/mol. The zero-order valence-corrected chi connectivity index (χ0v) is 21.1. The highest BCUT2D eigenvalue weighted by molar-refractivity contribution is 8.02. The Balaban J connectivity index is 1.64. The van der Waals surface area contributed by atoms with Gasteiger partial charge < -0.3 is 19.6 Å². The lowest BCUT2D eigenvalue weighted by Gasteiger charge is -2.42. The van der Waals surface area contributed by atoms with Crippen molar-refractivity contribution in [2.75, 3.05) is 19.8 Å². The molecule has 35 heavy (non-hydrogen) atoms. The number of carbonyl (C=O) groups excluding carboxylic acids is 3. The van der Waals surface area contributed by atoms with Gasteiger partial charge in [-0.3, -0.25) is 14.4 Å². The summed E-state index contributed by atoms with van der Waals surface area (Å²) >= 11 is 1.52. The number of amides is 2. The number of likely N-dealkylation sites (tertiary alicyclic amines) is 1. The van der Waals surface area contributed by atoms with Crippen molar-refractivity contribution in [3.8, 4) is 0 Å². The Hall–Kier alpha value is -2.58. The van der Waals surface area contributed by atoms with Gasteiger partial charge in [0.2, 0.25) is 11.8 Å². The van der Waals surface area contributed by atoms with Gasteiger partial charge >= 0.3 is 5.97 Å². The summed E-state index contributed by atoms with van der Waals surface area (Å²) in [5.41, 5.74) is 0.511. The maximum Gasteiger partial charge on any atom is 0.311 e. The Kier molecular flexibility index (Phi) is 6.08. The molecule has 2 saturated heterocycles. The van der Waals surface area contributed by atoms with E-state index in [2.05, 4.69) is 0 Å².